The second-order valence-electron chi connectivity index (χ2n) is 2.64. The van der Waals surface area contributed by atoms with E-state index >= 15 is 0 Å². The molecule has 94 valence electrons. The van der Waals surface area contributed by atoms with Crippen LogP contribution in [0.2, 0.25) is 0 Å². The number of phosphoric ester groups is 1. The smallest absolute Gasteiger partial charge is 0.165 e. The molecule has 0 amide bonds. The van der Waals surface area contributed by atoms with Crippen LogP contribution in [0.5, 0.6) is 0 Å². The van der Waals surface area contributed by atoms with E-state index in [2.05, 4.69) is 4.52 Å². The van der Waals surface area contributed by atoms with Crippen LogP contribution in [0.3, 0.4) is 0 Å². The predicted molar refractivity (Wildman–Crippen MR) is 47.0 cm³/mol. The second kappa shape index (κ2) is 6.48. The molecule has 0 saturated carbocycles. The number of aliphatic hydroxyl groups is 2. The molecule has 3 atom stereocenters. The van der Waals surface area contributed by atoms with E-state index in [0.717, 1.165) is 0 Å². The van der Waals surface area contributed by atoms with Crippen LogP contribution in [0, 0.1) is 0 Å². The van der Waals surface area contributed by atoms with Crippen LogP contribution >= 0.6 is 7.82 Å². The minimum absolute atomic E-state index is 0. The Balaban J connectivity index is 0. The summed E-state index contributed by atoms with van der Waals surface area (Å²) in [5.41, 5.74) is 0. The summed E-state index contributed by atoms with van der Waals surface area (Å²) in [7, 11) is -5.10. The molecule has 10 heteroatoms. The number of hydrogen-bond donors (Lipinski definition) is 4. The summed E-state index contributed by atoms with van der Waals surface area (Å²) >= 11 is 0. The largest absolute Gasteiger partial charge is 0.790 e. The number of phosphoric acid groups is 1. The molecule has 1 rings (SSSR count). The first-order valence-corrected chi connectivity index (χ1v) is 5.03. The molecule has 1 fully saturated rings. The first kappa shape index (κ1) is 17.3. The first-order valence-electron chi connectivity index (χ1n) is 3.57. The molecule has 0 aromatic carbocycles. The molecule has 1 aliphatic rings. The topological polar surface area (TPSA) is 195 Å². The first-order chi connectivity index (χ1) is 5.92. The van der Waals surface area contributed by atoms with Gasteiger partial charge in [0.15, 0.2) is 6.29 Å². The highest BCUT2D eigenvalue weighted by Gasteiger charge is 2.34. The van der Waals surface area contributed by atoms with E-state index < -0.39 is 32.9 Å². The molecule has 0 aromatic heterocycles. The molecule has 1 heterocycles. The fraction of sp³-hybridized carbons (Fsp3) is 1.00. The minimum Gasteiger partial charge on any atom is -0.790 e. The molecular formula is C5H17N2O7P. The van der Waals surface area contributed by atoms with Crippen molar-refractivity contribution < 1.29 is 33.8 Å². The lowest BCUT2D eigenvalue weighted by Gasteiger charge is -2.31. The minimum atomic E-state index is -5.10. The monoisotopic (exact) mass is 248 g/mol. The lowest BCUT2D eigenvalue weighted by Crippen LogP contribution is -2.25. The van der Waals surface area contributed by atoms with Crippen molar-refractivity contribution in [2.24, 2.45) is 0 Å². The van der Waals surface area contributed by atoms with Gasteiger partial charge in [0.2, 0.25) is 0 Å². The SMILES string of the molecule is O=P([O-])([O-])O[C@@H]1C[C@H](O)[C@@H](CO)O1.[NH4+].[NH4+]. The van der Waals surface area contributed by atoms with E-state index in [1.165, 1.54) is 0 Å². The second-order valence-corrected chi connectivity index (χ2v) is 3.75. The van der Waals surface area contributed by atoms with Crippen molar-refractivity contribution in [3.8, 4) is 0 Å². The Bertz CT molecular complexity index is 221. The van der Waals surface area contributed by atoms with Crippen molar-refractivity contribution in [2.75, 3.05) is 6.61 Å². The molecule has 0 bridgehead atoms. The van der Waals surface area contributed by atoms with E-state index in [0.29, 0.717) is 0 Å². The number of hydrogen-bond acceptors (Lipinski definition) is 7. The van der Waals surface area contributed by atoms with Gasteiger partial charge in [0.05, 0.1) is 20.5 Å². The van der Waals surface area contributed by atoms with Gasteiger partial charge in [-0.05, 0) is 0 Å². The van der Waals surface area contributed by atoms with Crippen molar-refractivity contribution in [1.29, 1.82) is 0 Å². The van der Waals surface area contributed by atoms with Crippen LogP contribution in [-0.2, 0) is 13.8 Å². The third-order valence-corrected chi connectivity index (χ3v) is 2.11. The van der Waals surface area contributed by atoms with Gasteiger partial charge in [-0.15, -0.1) is 0 Å². The van der Waals surface area contributed by atoms with Crippen LogP contribution in [0.15, 0.2) is 0 Å². The fourth-order valence-corrected chi connectivity index (χ4v) is 1.49. The van der Waals surface area contributed by atoms with E-state index in [-0.39, 0.29) is 18.7 Å². The highest BCUT2D eigenvalue weighted by molar-refractivity contribution is 7.43. The lowest BCUT2D eigenvalue weighted by molar-refractivity contribution is -0.352. The molecule has 0 spiro atoms. The number of rotatable bonds is 3. The summed E-state index contributed by atoms with van der Waals surface area (Å²) in [5.74, 6) is 0. The van der Waals surface area contributed by atoms with Gasteiger partial charge in [-0.3, -0.25) is 0 Å². The third kappa shape index (κ3) is 5.52. The molecule has 15 heavy (non-hydrogen) atoms. The molecule has 0 aromatic rings. The zero-order valence-corrected chi connectivity index (χ0v) is 9.42. The van der Waals surface area contributed by atoms with E-state index in [1.54, 1.807) is 0 Å². The van der Waals surface area contributed by atoms with E-state index in [4.69, 9.17) is 14.9 Å². The maximum Gasteiger partial charge on any atom is 0.165 e. The quantitative estimate of drug-likeness (QED) is 0.416. The summed E-state index contributed by atoms with van der Waals surface area (Å²) in [5, 5.41) is 17.7. The van der Waals surface area contributed by atoms with Crippen LogP contribution in [0.25, 0.3) is 0 Å². The predicted octanol–water partition coefficient (Wildman–Crippen LogP) is -1.95. The molecule has 10 N–H and O–H groups in total. The Morgan fingerprint density at radius 1 is 1.47 bits per heavy atom. The number of ether oxygens (including phenoxy) is 1. The summed E-state index contributed by atoms with van der Waals surface area (Å²) in [6, 6.07) is 0. The number of aliphatic hydroxyl groups excluding tert-OH is 2. The molecular weight excluding hydrogens is 231 g/mol. The Morgan fingerprint density at radius 2 is 2.00 bits per heavy atom. The van der Waals surface area contributed by atoms with Gasteiger partial charge in [0.25, 0.3) is 0 Å². The maximum atomic E-state index is 10.1. The summed E-state index contributed by atoms with van der Waals surface area (Å²) < 4.78 is 18.8. The van der Waals surface area contributed by atoms with Crippen LogP contribution < -0.4 is 22.1 Å². The molecule has 0 radical (unpaired) electrons. The Hall–Kier alpha value is -0.0900. The standard InChI is InChI=1S/C5H11O7P.2H3N/c6-2-4-3(7)1-5(11-4)12-13(8,9)10;;/h3-7H,1-2H2,(H2,8,9,10);2*1H3/t3-,4+,5+;;/m0../s1. The Labute approximate surface area is 86.4 Å². The van der Waals surface area contributed by atoms with Crippen LogP contribution in [0.1, 0.15) is 6.42 Å². The van der Waals surface area contributed by atoms with Crippen molar-refractivity contribution in [3.63, 3.8) is 0 Å². The van der Waals surface area contributed by atoms with Crippen molar-refractivity contribution >= 4 is 7.82 Å². The average Bonchev–Trinajstić information content (AvgIpc) is 2.26. The van der Waals surface area contributed by atoms with Gasteiger partial charge >= 0.3 is 0 Å². The van der Waals surface area contributed by atoms with Crippen LogP contribution in [0.4, 0.5) is 0 Å². The number of quaternary nitrogens is 2. The molecule has 1 saturated heterocycles. The Kier molecular flexibility index (Phi) is 7.48. The molecule has 0 aliphatic carbocycles. The summed E-state index contributed by atoms with van der Waals surface area (Å²) in [4.78, 5) is 20.2. The van der Waals surface area contributed by atoms with Crippen molar-refractivity contribution in [1.82, 2.24) is 12.3 Å². The van der Waals surface area contributed by atoms with Gasteiger partial charge < -0.3 is 46.1 Å². The molecule has 9 nitrogen and oxygen atoms in total. The van der Waals surface area contributed by atoms with E-state index in [9.17, 15) is 14.4 Å². The molecule has 0 unspecified atom stereocenters. The van der Waals surface area contributed by atoms with E-state index in [1.807, 2.05) is 0 Å². The van der Waals surface area contributed by atoms with Gasteiger partial charge in [0, 0.05) is 6.42 Å². The highest BCUT2D eigenvalue weighted by Crippen LogP contribution is 2.33. The summed E-state index contributed by atoms with van der Waals surface area (Å²) in [6.45, 7) is -0.455. The zero-order chi connectivity index (χ0) is 10.1. The summed E-state index contributed by atoms with van der Waals surface area (Å²) in [6.07, 6.45) is -3.33. The van der Waals surface area contributed by atoms with Crippen molar-refractivity contribution in [3.05, 3.63) is 0 Å². The normalized spacial score (nSPS) is 30.5. The van der Waals surface area contributed by atoms with Gasteiger partial charge in [0.1, 0.15) is 6.10 Å². The van der Waals surface area contributed by atoms with Gasteiger partial charge in [-0.2, -0.15) is 0 Å². The fourth-order valence-electron chi connectivity index (χ4n) is 1.07. The van der Waals surface area contributed by atoms with Gasteiger partial charge in [-0.1, -0.05) is 0 Å². The third-order valence-electron chi connectivity index (χ3n) is 1.62. The maximum absolute atomic E-state index is 10.1. The van der Waals surface area contributed by atoms with Crippen molar-refractivity contribution in [2.45, 2.75) is 24.9 Å². The molecule has 1 aliphatic heterocycles. The van der Waals surface area contributed by atoms with Gasteiger partial charge in [-0.25, -0.2) is 0 Å². The van der Waals surface area contributed by atoms with Crippen LogP contribution in [-0.4, -0.2) is 35.3 Å². The highest BCUT2D eigenvalue weighted by atomic mass is 31.2. The zero-order valence-electron chi connectivity index (χ0n) is 8.53. The Morgan fingerprint density at radius 3 is 2.33 bits per heavy atom. The lowest BCUT2D eigenvalue weighted by atomic mass is 10.2. The average molecular weight is 248 g/mol.